The molecule has 0 heterocycles. The molecule has 0 bridgehead atoms. The van der Waals surface area contributed by atoms with Gasteiger partial charge in [0.05, 0.1) is 11.3 Å². The highest BCUT2D eigenvalue weighted by Crippen LogP contribution is 2.23. The molecule has 0 saturated carbocycles. The molecule has 0 aliphatic carbocycles. The maximum Gasteiger partial charge on any atom is 0.132 e. The van der Waals surface area contributed by atoms with Crippen molar-refractivity contribution in [2.24, 2.45) is 5.73 Å². The molecule has 0 aliphatic rings. The topological polar surface area (TPSA) is 49.8 Å². The lowest BCUT2D eigenvalue weighted by atomic mass is 10.0. The van der Waals surface area contributed by atoms with Crippen LogP contribution in [0.3, 0.4) is 0 Å². The van der Waals surface area contributed by atoms with Gasteiger partial charge in [-0.05, 0) is 17.7 Å². The molecule has 0 saturated heterocycles. The van der Waals surface area contributed by atoms with Gasteiger partial charge in [-0.25, -0.2) is 4.39 Å². The molecule has 2 aromatic carbocycles. The average molecular weight is 238 g/mol. The minimum atomic E-state index is -0.432. The fourth-order valence-electron chi connectivity index (χ4n) is 1.70. The van der Waals surface area contributed by atoms with E-state index < -0.39 is 5.82 Å². The summed E-state index contributed by atoms with van der Waals surface area (Å²) in [6, 6.07) is 17.2. The summed E-state index contributed by atoms with van der Waals surface area (Å²) in [5.74, 6) is -0.432. The van der Waals surface area contributed by atoms with Crippen LogP contribution in [0.25, 0.3) is 11.3 Å². The first-order valence-electron chi connectivity index (χ1n) is 5.44. The summed E-state index contributed by atoms with van der Waals surface area (Å²) in [4.78, 5) is 0. The number of benzene rings is 2. The number of hydrogen-bond donors (Lipinski definition) is 1. The van der Waals surface area contributed by atoms with Gasteiger partial charge in [0.2, 0.25) is 0 Å². The van der Waals surface area contributed by atoms with Crippen LogP contribution in [0.15, 0.2) is 54.6 Å². The molecule has 0 aliphatic heterocycles. The smallest absolute Gasteiger partial charge is 0.132 e. The van der Waals surface area contributed by atoms with E-state index in [-0.39, 0.29) is 16.8 Å². The predicted molar refractivity (Wildman–Crippen MR) is 69.5 cm³/mol. The highest BCUT2D eigenvalue weighted by Gasteiger charge is 2.11. The van der Waals surface area contributed by atoms with Crippen LogP contribution in [0.4, 0.5) is 4.39 Å². The second kappa shape index (κ2) is 5.15. The third kappa shape index (κ3) is 2.23. The fraction of sp³-hybridized carbons (Fsp3) is 0. The number of allylic oxidation sites excluding steroid dienone is 1. The van der Waals surface area contributed by atoms with Crippen LogP contribution >= 0.6 is 0 Å². The van der Waals surface area contributed by atoms with E-state index in [1.54, 1.807) is 42.5 Å². The molecule has 18 heavy (non-hydrogen) atoms. The van der Waals surface area contributed by atoms with E-state index in [1.807, 2.05) is 12.1 Å². The Morgan fingerprint density at radius 3 is 2.22 bits per heavy atom. The van der Waals surface area contributed by atoms with Gasteiger partial charge in [-0.1, -0.05) is 42.5 Å². The highest BCUT2D eigenvalue weighted by molar-refractivity contribution is 5.96. The zero-order chi connectivity index (χ0) is 13.0. The van der Waals surface area contributed by atoms with Crippen molar-refractivity contribution >= 4 is 11.3 Å². The molecule has 0 fully saturated rings. The molecule has 2 nitrogen and oxygen atoms in total. The van der Waals surface area contributed by atoms with Crippen LogP contribution in [-0.4, -0.2) is 0 Å². The van der Waals surface area contributed by atoms with Crippen LogP contribution in [0.2, 0.25) is 0 Å². The van der Waals surface area contributed by atoms with Crippen molar-refractivity contribution in [3.8, 4) is 6.07 Å². The van der Waals surface area contributed by atoms with Gasteiger partial charge in [-0.3, -0.25) is 0 Å². The van der Waals surface area contributed by atoms with Crippen LogP contribution in [0.5, 0.6) is 0 Å². The Hall–Kier alpha value is -2.60. The van der Waals surface area contributed by atoms with Crippen molar-refractivity contribution in [3.63, 3.8) is 0 Å². The second-order valence-electron chi connectivity index (χ2n) is 3.75. The maximum atomic E-state index is 13.6. The number of halogens is 1. The van der Waals surface area contributed by atoms with E-state index in [2.05, 4.69) is 0 Å². The monoisotopic (exact) mass is 238 g/mol. The lowest BCUT2D eigenvalue weighted by Gasteiger charge is -2.07. The molecule has 0 spiro atoms. The van der Waals surface area contributed by atoms with Gasteiger partial charge >= 0.3 is 0 Å². The second-order valence-corrected chi connectivity index (χ2v) is 3.75. The quantitative estimate of drug-likeness (QED) is 0.645. The summed E-state index contributed by atoms with van der Waals surface area (Å²) in [5.41, 5.74) is 7.26. The van der Waals surface area contributed by atoms with Crippen molar-refractivity contribution < 1.29 is 4.39 Å². The van der Waals surface area contributed by atoms with Gasteiger partial charge in [-0.15, -0.1) is 0 Å². The van der Waals surface area contributed by atoms with Crippen molar-refractivity contribution in [1.82, 2.24) is 0 Å². The van der Waals surface area contributed by atoms with Crippen molar-refractivity contribution in [2.45, 2.75) is 0 Å². The number of nitrogens with zero attached hydrogens (tertiary/aromatic N) is 1. The van der Waals surface area contributed by atoms with E-state index in [1.165, 1.54) is 6.07 Å². The molecular weight excluding hydrogens is 227 g/mol. The van der Waals surface area contributed by atoms with Gasteiger partial charge in [-0.2, -0.15) is 5.26 Å². The molecule has 0 aromatic heterocycles. The zero-order valence-electron chi connectivity index (χ0n) is 9.60. The number of nitrogens with two attached hydrogens (primary N) is 1. The van der Waals surface area contributed by atoms with E-state index in [0.717, 1.165) is 0 Å². The summed E-state index contributed by atoms with van der Waals surface area (Å²) < 4.78 is 13.6. The fourth-order valence-corrected chi connectivity index (χ4v) is 1.70. The summed E-state index contributed by atoms with van der Waals surface area (Å²) in [5, 5.41) is 9.19. The third-order valence-corrected chi connectivity index (χ3v) is 2.61. The molecule has 2 N–H and O–H groups in total. The summed E-state index contributed by atoms with van der Waals surface area (Å²) in [6.45, 7) is 0. The lowest BCUT2D eigenvalue weighted by Crippen LogP contribution is -2.02. The third-order valence-electron chi connectivity index (χ3n) is 2.61. The summed E-state index contributed by atoms with van der Waals surface area (Å²) in [6.07, 6.45) is 0. The predicted octanol–water partition coefficient (Wildman–Crippen LogP) is 3.18. The van der Waals surface area contributed by atoms with Crippen LogP contribution in [0.1, 0.15) is 11.1 Å². The molecule has 0 atom stereocenters. The standard InChI is InChI=1S/C15H11FN2/c16-14-9-5-4-8-12(14)15(18)13(10-17)11-6-2-1-3-7-11/h1-9H,18H2/b15-13-. The van der Waals surface area contributed by atoms with Gasteiger partial charge in [0.1, 0.15) is 11.9 Å². The van der Waals surface area contributed by atoms with Crippen LogP contribution in [0, 0.1) is 17.1 Å². The molecule has 0 radical (unpaired) electrons. The average Bonchev–Trinajstić information content (AvgIpc) is 2.41. The highest BCUT2D eigenvalue weighted by atomic mass is 19.1. The molecule has 2 aromatic rings. The van der Waals surface area contributed by atoms with Gasteiger partial charge < -0.3 is 5.73 Å². The molecule has 2 rings (SSSR count). The first-order chi connectivity index (χ1) is 8.74. The largest absolute Gasteiger partial charge is 0.397 e. The Morgan fingerprint density at radius 2 is 1.61 bits per heavy atom. The first-order valence-corrected chi connectivity index (χ1v) is 5.44. The minimum absolute atomic E-state index is 0.154. The SMILES string of the molecule is N#C/C(=C(/N)c1ccccc1F)c1ccccc1. The molecular formula is C15H11FN2. The van der Waals surface area contributed by atoms with Crippen LogP contribution < -0.4 is 5.73 Å². The number of rotatable bonds is 2. The Labute approximate surface area is 105 Å². The van der Waals surface area contributed by atoms with E-state index >= 15 is 0 Å². The lowest BCUT2D eigenvalue weighted by molar-refractivity contribution is 0.624. The Bertz CT molecular complexity index is 624. The Kier molecular flexibility index (Phi) is 3.40. The first kappa shape index (κ1) is 11.9. The zero-order valence-corrected chi connectivity index (χ0v) is 9.60. The molecule has 88 valence electrons. The van der Waals surface area contributed by atoms with E-state index in [9.17, 15) is 9.65 Å². The van der Waals surface area contributed by atoms with Crippen molar-refractivity contribution in [1.29, 1.82) is 5.26 Å². The Morgan fingerprint density at radius 1 is 1.00 bits per heavy atom. The molecule has 0 amide bonds. The van der Waals surface area contributed by atoms with Gasteiger partial charge in [0.15, 0.2) is 0 Å². The maximum absolute atomic E-state index is 13.6. The van der Waals surface area contributed by atoms with Crippen molar-refractivity contribution in [3.05, 3.63) is 71.5 Å². The summed E-state index contributed by atoms with van der Waals surface area (Å²) >= 11 is 0. The minimum Gasteiger partial charge on any atom is -0.397 e. The van der Waals surface area contributed by atoms with Crippen molar-refractivity contribution in [2.75, 3.05) is 0 Å². The summed E-state index contributed by atoms with van der Waals surface area (Å²) in [7, 11) is 0. The van der Waals surface area contributed by atoms with Gasteiger partial charge in [0.25, 0.3) is 0 Å². The Balaban J connectivity index is 2.59. The molecule has 0 unspecified atom stereocenters. The number of nitriles is 1. The van der Waals surface area contributed by atoms with Crippen LogP contribution in [-0.2, 0) is 0 Å². The van der Waals surface area contributed by atoms with E-state index in [0.29, 0.717) is 5.56 Å². The van der Waals surface area contributed by atoms with E-state index in [4.69, 9.17) is 5.73 Å². The normalized spacial score (nSPS) is 11.6. The number of hydrogen-bond acceptors (Lipinski definition) is 2. The van der Waals surface area contributed by atoms with Gasteiger partial charge in [0, 0.05) is 5.56 Å². The molecule has 3 heteroatoms.